The number of aromatic hydroxyl groups is 1. The topological polar surface area (TPSA) is 507 Å². The monoisotopic (exact) mass is 1300 g/mol. The summed E-state index contributed by atoms with van der Waals surface area (Å²) in [5, 5.41) is 75.8. The second-order valence-corrected chi connectivity index (χ2v) is 23.1. The minimum absolute atomic E-state index is 0.0170. The van der Waals surface area contributed by atoms with Crippen molar-refractivity contribution in [3.8, 4) is 5.75 Å². The molecule has 11 amide bonds. The van der Waals surface area contributed by atoms with Crippen molar-refractivity contribution in [1.82, 2.24) is 58.5 Å². The van der Waals surface area contributed by atoms with Crippen LogP contribution in [0.5, 0.6) is 5.75 Å². The summed E-state index contributed by atoms with van der Waals surface area (Å²) in [6.45, 7) is 13.0. The van der Waals surface area contributed by atoms with Crippen LogP contribution in [0.2, 0.25) is 0 Å². The summed E-state index contributed by atoms with van der Waals surface area (Å²) >= 11 is 8.24. The number of aliphatic carboxylic acids is 2. The van der Waals surface area contributed by atoms with Crippen molar-refractivity contribution < 1.29 is 87.9 Å². The predicted molar refractivity (Wildman–Crippen MR) is 330 cm³/mol. The largest absolute Gasteiger partial charge is 0.508 e. The summed E-state index contributed by atoms with van der Waals surface area (Å²) in [5.74, 6) is -14.8. The zero-order valence-electron chi connectivity index (χ0n) is 51.6. The molecule has 502 valence electrons. The van der Waals surface area contributed by atoms with E-state index in [9.17, 15) is 82.8 Å². The molecule has 0 radical (unpaired) electrons. The number of amides is 11. The highest BCUT2D eigenvalue weighted by molar-refractivity contribution is 7.80. The van der Waals surface area contributed by atoms with Crippen LogP contribution in [0.4, 0.5) is 0 Å². The zero-order chi connectivity index (χ0) is 68.0. The van der Waals surface area contributed by atoms with Gasteiger partial charge < -0.3 is 95.5 Å². The van der Waals surface area contributed by atoms with Crippen LogP contribution >= 0.6 is 25.3 Å². The molecule has 1 aromatic carbocycles. The van der Waals surface area contributed by atoms with E-state index < -0.39 is 180 Å². The summed E-state index contributed by atoms with van der Waals surface area (Å²) in [7, 11) is 0. The van der Waals surface area contributed by atoms with E-state index in [1.165, 1.54) is 31.2 Å². The average molecular weight is 1300 g/mol. The minimum atomic E-state index is -1.75. The standard InChI is InChI=1S/C56H93N13O18S2/c1-10-28(6)43(67-51(81)38(24-88)64-47(77)34(58)18-19-41(74)75)54(84)66-42(27(4)5)53(83)63-37(22-32-14-16-33(72)17-15-32)48(78)59-23-40(73)61-35(13-11-12-20-57)49(79)68-44(30(8)70)55(85)60-29(7)46(76)62-36(21-26(2)3)50(80)65-39(25-89)52(82)69-45(31(9)71)56(86)87/h14-17,26-31,34-39,42-45,70-72,88-89H,10-13,18-25,57-58H2,1-9H3,(H,59,78)(H,60,85)(H,61,73)(H,62,76)(H,63,83)(H,64,77)(H,65,80)(H,66,84)(H,67,81)(H,68,79)(H,69,82)(H,74,75)(H,86,87)/t28-,29-,30+,31+,34-,35-,36-,37-,38-,39-,42-,43-,44-,45-/m0/s1. The summed E-state index contributed by atoms with van der Waals surface area (Å²) in [6, 6.07) is -10.1. The first-order valence-corrected chi connectivity index (χ1v) is 30.5. The lowest BCUT2D eigenvalue weighted by Crippen LogP contribution is -2.61. The zero-order valence-corrected chi connectivity index (χ0v) is 53.4. The van der Waals surface area contributed by atoms with Crippen molar-refractivity contribution in [1.29, 1.82) is 0 Å². The van der Waals surface area contributed by atoms with Crippen LogP contribution in [0.1, 0.15) is 113 Å². The Morgan fingerprint density at radius 1 is 0.517 bits per heavy atom. The maximum Gasteiger partial charge on any atom is 0.328 e. The normalized spacial score (nSPS) is 16.0. The Bertz CT molecular complexity index is 2570. The number of carbonyl (C=O) groups is 13. The molecular weight excluding hydrogens is 1210 g/mol. The fourth-order valence-corrected chi connectivity index (χ4v) is 8.90. The first-order valence-electron chi connectivity index (χ1n) is 29.2. The molecule has 1 aromatic rings. The van der Waals surface area contributed by atoms with E-state index in [0.29, 0.717) is 18.4 Å². The molecule has 0 aromatic heterocycles. The molecule has 89 heavy (non-hydrogen) atoms. The van der Waals surface area contributed by atoms with Gasteiger partial charge in [-0.15, -0.1) is 0 Å². The number of aliphatic hydroxyl groups is 2. The van der Waals surface area contributed by atoms with Crippen LogP contribution in [0.25, 0.3) is 0 Å². The van der Waals surface area contributed by atoms with Crippen LogP contribution in [-0.4, -0.2) is 206 Å². The Hall–Kier alpha value is -7.33. The molecule has 20 N–H and O–H groups in total. The molecule has 14 atom stereocenters. The van der Waals surface area contributed by atoms with Crippen LogP contribution in [-0.2, 0) is 68.7 Å². The number of nitrogens with two attached hydrogens (primary N) is 2. The Morgan fingerprint density at radius 2 is 0.989 bits per heavy atom. The third-order valence-electron chi connectivity index (χ3n) is 13.9. The van der Waals surface area contributed by atoms with Gasteiger partial charge in [-0.1, -0.05) is 60.1 Å². The van der Waals surface area contributed by atoms with Gasteiger partial charge in [-0.2, -0.15) is 25.3 Å². The van der Waals surface area contributed by atoms with Crippen molar-refractivity contribution in [3.63, 3.8) is 0 Å². The molecule has 0 aliphatic heterocycles. The lowest BCUT2D eigenvalue weighted by atomic mass is 9.96. The molecule has 0 aliphatic rings. The van der Waals surface area contributed by atoms with Gasteiger partial charge in [0.25, 0.3) is 0 Å². The smallest absolute Gasteiger partial charge is 0.328 e. The highest BCUT2D eigenvalue weighted by Crippen LogP contribution is 2.15. The van der Waals surface area contributed by atoms with Gasteiger partial charge in [-0.05, 0) is 94.9 Å². The molecule has 31 nitrogen and oxygen atoms in total. The third-order valence-corrected chi connectivity index (χ3v) is 14.6. The number of nitrogens with one attached hydrogen (secondary N) is 11. The minimum Gasteiger partial charge on any atom is -0.508 e. The number of carboxylic acids is 2. The molecule has 0 spiro atoms. The van der Waals surface area contributed by atoms with Crippen molar-refractivity contribution >= 4 is 102 Å². The summed E-state index contributed by atoms with van der Waals surface area (Å²) in [6.07, 6.45) is -3.00. The average Bonchev–Trinajstić information content (AvgIpc) is 3.60. The highest BCUT2D eigenvalue weighted by atomic mass is 32.1. The Kier molecular flexibility index (Phi) is 36.1. The second-order valence-electron chi connectivity index (χ2n) is 22.4. The van der Waals surface area contributed by atoms with E-state index in [0.717, 1.165) is 13.8 Å². The van der Waals surface area contributed by atoms with Crippen molar-refractivity contribution in [3.05, 3.63) is 29.8 Å². The maximum atomic E-state index is 14.2. The molecule has 0 heterocycles. The number of hydrogen-bond acceptors (Lipinski definition) is 20. The van der Waals surface area contributed by atoms with E-state index in [-0.39, 0.29) is 61.8 Å². The number of thiol groups is 2. The van der Waals surface area contributed by atoms with Crippen LogP contribution in [0.3, 0.4) is 0 Å². The Balaban J connectivity index is 3.34. The van der Waals surface area contributed by atoms with Crippen molar-refractivity contribution in [2.24, 2.45) is 29.2 Å². The lowest BCUT2D eigenvalue weighted by molar-refractivity contribution is -0.145. The van der Waals surface area contributed by atoms with E-state index >= 15 is 0 Å². The van der Waals surface area contributed by atoms with Crippen LogP contribution in [0.15, 0.2) is 24.3 Å². The number of aliphatic hydroxyl groups excluding tert-OH is 2. The van der Waals surface area contributed by atoms with Gasteiger partial charge >= 0.3 is 11.9 Å². The van der Waals surface area contributed by atoms with Crippen LogP contribution in [0, 0.1) is 17.8 Å². The number of carboxylic acid groups (broad SMARTS) is 2. The molecule has 0 fully saturated rings. The first-order chi connectivity index (χ1) is 41.6. The van der Waals surface area contributed by atoms with Gasteiger partial charge in [0.1, 0.15) is 60.1 Å². The molecule has 33 heteroatoms. The molecule has 0 saturated heterocycles. The van der Waals surface area contributed by atoms with Gasteiger partial charge in [0.05, 0.1) is 24.8 Å². The number of phenols is 1. The first kappa shape index (κ1) is 79.7. The van der Waals surface area contributed by atoms with Gasteiger partial charge in [0, 0.05) is 24.3 Å². The third kappa shape index (κ3) is 28.8. The van der Waals surface area contributed by atoms with E-state index in [1.807, 2.05) is 0 Å². The highest BCUT2D eigenvalue weighted by Gasteiger charge is 2.37. The summed E-state index contributed by atoms with van der Waals surface area (Å²) in [4.78, 5) is 172. The summed E-state index contributed by atoms with van der Waals surface area (Å²) < 4.78 is 0. The SMILES string of the molecule is CC[C@H](C)[C@H](NC(=O)[C@H](CS)NC(=O)[C@@H](N)CCC(=O)O)C(=O)N[C@H](C(=O)N[C@@H](Cc1ccc(O)cc1)C(=O)NCC(=O)N[C@@H](CCCCN)C(=O)N[C@H](C(=O)N[C@@H](C)C(=O)N[C@@H](CC(C)C)C(=O)N[C@@H](CS)C(=O)N[C@H](C(=O)O)[C@@H](C)O)[C@@H](C)O)C(C)C. The van der Waals surface area contributed by atoms with Gasteiger partial charge in [-0.25, -0.2) is 4.79 Å². The maximum absolute atomic E-state index is 14.2. The van der Waals surface area contributed by atoms with E-state index in [1.54, 1.807) is 41.5 Å². The number of unbranched alkanes of at least 4 members (excludes halogenated alkanes) is 1. The number of hydrogen-bond donors (Lipinski definition) is 20. The number of carbonyl (C=O) groups excluding carboxylic acids is 11. The number of phenolic OH excluding ortho intramolecular Hbond substituents is 1. The van der Waals surface area contributed by atoms with Gasteiger partial charge in [-0.3, -0.25) is 57.5 Å². The van der Waals surface area contributed by atoms with Gasteiger partial charge in [0.15, 0.2) is 6.04 Å². The molecule has 0 aliphatic carbocycles. The van der Waals surface area contributed by atoms with Crippen LogP contribution < -0.4 is 70.0 Å². The number of benzene rings is 1. The van der Waals surface area contributed by atoms with Gasteiger partial charge in [0.2, 0.25) is 65.0 Å². The van der Waals surface area contributed by atoms with E-state index in [4.69, 9.17) is 16.6 Å². The Labute approximate surface area is 528 Å². The summed E-state index contributed by atoms with van der Waals surface area (Å²) in [5.41, 5.74) is 12.0. The molecule has 0 saturated carbocycles. The molecule has 1 rings (SSSR count). The van der Waals surface area contributed by atoms with Crippen molar-refractivity contribution in [2.45, 2.75) is 192 Å². The lowest BCUT2D eigenvalue weighted by Gasteiger charge is -2.30. The molecule has 0 unspecified atom stereocenters. The quantitative estimate of drug-likeness (QED) is 0.0218. The molecule has 0 bridgehead atoms. The van der Waals surface area contributed by atoms with E-state index in [2.05, 4.69) is 83.7 Å². The second kappa shape index (κ2) is 40.3. The fourth-order valence-electron chi connectivity index (χ4n) is 8.39. The number of rotatable bonds is 41. The van der Waals surface area contributed by atoms with Crippen molar-refractivity contribution in [2.75, 3.05) is 24.6 Å². The molecular formula is C56H93N13O18S2. The Morgan fingerprint density at radius 3 is 1.48 bits per heavy atom. The fraction of sp³-hybridized carbons (Fsp3) is 0.661. The predicted octanol–water partition coefficient (Wildman–Crippen LogP) is -4.31.